The lowest BCUT2D eigenvalue weighted by Crippen LogP contribution is -2.42. The number of morpholine rings is 1. The predicted octanol–water partition coefficient (Wildman–Crippen LogP) is 1.68. The Labute approximate surface area is 121 Å². The van der Waals surface area contributed by atoms with Gasteiger partial charge >= 0.3 is 0 Å². The molecule has 0 bridgehead atoms. The van der Waals surface area contributed by atoms with Gasteiger partial charge in [0.15, 0.2) is 0 Å². The van der Waals surface area contributed by atoms with Crippen LogP contribution in [0.1, 0.15) is 16.7 Å². The second kappa shape index (κ2) is 7.07. The van der Waals surface area contributed by atoms with E-state index < -0.39 is 6.10 Å². The normalized spacial score (nSPS) is 18.0. The van der Waals surface area contributed by atoms with Crippen LogP contribution in [0.3, 0.4) is 0 Å². The molecule has 1 aromatic rings. The molecule has 1 aliphatic heterocycles. The lowest BCUT2D eigenvalue weighted by molar-refractivity contribution is 0.00459. The van der Waals surface area contributed by atoms with E-state index in [0.29, 0.717) is 13.2 Å². The van der Waals surface area contributed by atoms with Gasteiger partial charge in [-0.05, 0) is 43.5 Å². The number of hydrogen-bond acceptors (Lipinski definition) is 4. The highest BCUT2D eigenvalue weighted by Crippen LogP contribution is 2.23. The second-order valence-electron chi connectivity index (χ2n) is 5.58. The van der Waals surface area contributed by atoms with Gasteiger partial charge in [-0.3, -0.25) is 4.90 Å². The van der Waals surface area contributed by atoms with E-state index >= 15 is 0 Å². The van der Waals surface area contributed by atoms with Crippen LogP contribution in [0, 0.1) is 20.8 Å². The Balaban J connectivity index is 1.85. The number of benzene rings is 1. The summed E-state index contributed by atoms with van der Waals surface area (Å²) < 4.78 is 11.1. The van der Waals surface area contributed by atoms with E-state index in [2.05, 4.69) is 31.7 Å². The maximum Gasteiger partial charge on any atom is 0.122 e. The summed E-state index contributed by atoms with van der Waals surface area (Å²) in [6.45, 7) is 10.5. The third-order valence-electron chi connectivity index (χ3n) is 3.77. The molecule has 1 aromatic carbocycles. The fourth-order valence-corrected chi connectivity index (χ4v) is 2.47. The summed E-state index contributed by atoms with van der Waals surface area (Å²) in [5, 5.41) is 10.1. The topological polar surface area (TPSA) is 41.9 Å². The smallest absolute Gasteiger partial charge is 0.122 e. The van der Waals surface area contributed by atoms with Crippen LogP contribution in [0.25, 0.3) is 0 Å². The van der Waals surface area contributed by atoms with Crippen LogP contribution >= 0.6 is 0 Å². The van der Waals surface area contributed by atoms with E-state index in [1.165, 1.54) is 11.1 Å². The van der Waals surface area contributed by atoms with Crippen LogP contribution in [0.15, 0.2) is 12.1 Å². The molecule has 2 rings (SSSR count). The average Bonchev–Trinajstić information content (AvgIpc) is 2.42. The Bertz CT molecular complexity index is 442. The fraction of sp³-hybridized carbons (Fsp3) is 0.625. The first-order valence-electron chi connectivity index (χ1n) is 7.25. The molecular weight excluding hydrogens is 254 g/mol. The maximum absolute atomic E-state index is 10.1. The zero-order chi connectivity index (χ0) is 14.5. The molecule has 1 N–H and O–H groups in total. The van der Waals surface area contributed by atoms with Crippen molar-refractivity contribution in [1.29, 1.82) is 0 Å². The first-order valence-corrected chi connectivity index (χ1v) is 7.25. The van der Waals surface area contributed by atoms with Gasteiger partial charge in [-0.15, -0.1) is 0 Å². The Morgan fingerprint density at radius 3 is 2.65 bits per heavy atom. The first kappa shape index (κ1) is 15.3. The number of aryl methyl sites for hydroxylation is 2. The molecule has 0 saturated carbocycles. The minimum atomic E-state index is -0.465. The summed E-state index contributed by atoms with van der Waals surface area (Å²) in [6, 6.07) is 4.18. The maximum atomic E-state index is 10.1. The van der Waals surface area contributed by atoms with Gasteiger partial charge in [-0.25, -0.2) is 0 Å². The molecule has 0 radical (unpaired) electrons. The Morgan fingerprint density at radius 2 is 1.95 bits per heavy atom. The van der Waals surface area contributed by atoms with Crippen LogP contribution in [0.5, 0.6) is 5.75 Å². The van der Waals surface area contributed by atoms with Gasteiger partial charge in [0.1, 0.15) is 18.5 Å². The van der Waals surface area contributed by atoms with Gasteiger partial charge in [0.25, 0.3) is 0 Å². The van der Waals surface area contributed by atoms with E-state index in [9.17, 15) is 5.11 Å². The van der Waals surface area contributed by atoms with E-state index in [0.717, 1.165) is 37.6 Å². The van der Waals surface area contributed by atoms with E-state index in [1.807, 2.05) is 6.07 Å². The van der Waals surface area contributed by atoms with Crippen molar-refractivity contribution in [1.82, 2.24) is 4.90 Å². The van der Waals surface area contributed by atoms with Gasteiger partial charge in [-0.2, -0.15) is 0 Å². The molecule has 0 unspecified atom stereocenters. The van der Waals surface area contributed by atoms with Gasteiger partial charge in [0, 0.05) is 19.6 Å². The summed E-state index contributed by atoms with van der Waals surface area (Å²) in [5.74, 6) is 0.878. The second-order valence-corrected chi connectivity index (χ2v) is 5.58. The molecule has 0 spiro atoms. The standard InChI is InChI=1S/C16H25NO3/c1-12-8-13(2)14(3)16(9-12)20-11-15(18)10-17-4-6-19-7-5-17/h8-9,15,18H,4-7,10-11H2,1-3H3/t15-/m0/s1. The monoisotopic (exact) mass is 279 g/mol. The highest BCUT2D eigenvalue weighted by molar-refractivity contribution is 5.41. The van der Waals surface area contributed by atoms with Gasteiger partial charge < -0.3 is 14.6 Å². The molecule has 4 nitrogen and oxygen atoms in total. The van der Waals surface area contributed by atoms with Crippen molar-refractivity contribution >= 4 is 0 Å². The lowest BCUT2D eigenvalue weighted by atomic mass is 10.1. The summed E-state index contributed by atoms with van der Waals surface area (Å²) in [4.78, 5) is 2.21. The molecule has 0 amide bonds. The predicted molar refractivity (Wildman–Crippen MR) is 79.4 cm³/mol. The average molecular weight is 279 g/mol. The van der Waals surface area contributed by atoms with Crippen molar-refractivity contribution < 1.29 is 14.6 Å². The number of hydrogen-bond donors (Lipinski definition) is 1. The van der Waals surface area contributed by atoms with E-state index in [1.54, 1.807) is 0 Å². The van der Waals surface area contributed by atoms with E-state index in [-0.39, 0.29) is 0 Å². The number of aliphatic hydroxyl groups is 1. The highest BCUT2D eigenvalue weighted by atomic mass is 16.5. The summed E-state index contributed by atoms with van der Waals surface area (Å²) >= 11 is 0. The molecule has 1 atom stereocenters. The summed E-state index contributed by atoms with van der Waals surface area (Å²) in [6.07, 6.45) is -0.465. The molecule has 1 saturated heterocycles. The Hall–Kier alpha value is -1.10. The molecule has 1 heterocycles. The van der Waals surface area contributed by atoms with Crippen molar-refractivity contribution in [3.05, 3.63) is 28.8 Å². The Morgan fingerprint density at radius 1 is 1.25 bits per heavy atom. The Kier molecular flexibility index (Phi) is 5.40. The number of β-amino-alcohol motifs (C(OH)–C–C–N with tert-alkyl or cyclic N) is 1. The zero-order valence-corrected chi connectivity index (χ0v) is 12.7. The molecular formula is C16H25NO3. The third-order valence-corrected chi connectivity index (χ3v) is 3.77. The number of aliphatic hydroxyl groups excluding tert-OH is 1. The SMILES string of the molecule is Cc1cc(C)c(C)c(OC[C@@H](O)CN2CCOCC2)c1. The van der Waals surface area contributed by atoms with Crippen molar-refractivity contribution in [2.24, 2.45) is 0 Å². The molecule has 4 heteroatoms. The van der Waals surface area contributed by atoms with Crippen molar-refractivity contribution in [2.75, 3.05) is 39.5 Å². The molecule has 0 aromatic heterocycles. The van der Waals surface area contributed by atoms with Gasteiger partial charge in [-0.1, -0.05) is 6.07 Å². The minimum Gasteiger partial charge on any atom is -0.491 e. The lowest BCUT2D eigenvalue weighted by Gasteiger charge is -2.28. The van der Waals surface area contributed by atoms with Crippen LogP contribution < -0.4 is 4.74 Å². The molecule has 0 aliphatic carbocycles. The minimum absolute atomic E-state index is 0.334. The van der Waals surface area contributed by atoms with E-state index in [4.69, 9.17) is 9.47 Å². The quantitative estimate of drug-likeness (QED) is 0.890. The number of nitrogens with zero attached hydrogens (tertiary/aromatic N) is 1. The largest absolute Gasteiger partial charge is 0.491 e. The number of ether oxygens (including phenoxy) is 2. The van der Waals surface area contributed by atoms with Gasteiger partial charge in [0.2, 0.25) is 0 Å². The van der Waals surface area contributed by atoms with Gasteiger partial charge in [0.05, 0.1) is 13.2 Å². The van der Waals surface area contributed by atoms with Crippen LogP contribution in [0.4, 0.5) is 0 Å². The van der Waals surface area contributed by atoms with Crippen molar-refractivity contribution in [3.63, 3.8) is 0 Å². The highest BCUT2D eigenvalue weighted by Gasteiger charge is 2.15. The summed E-state index contributed by atoms with van der Waals surface area (Å²) in [5.41, 5.74) is 3.56. The third kappa shape index (κ3) is 4.20. The molecule has 20 heavy (non-hydrogen) atoms. The van der Waals surface area contributed by atoms with Crippen LogP contribution in [-0.2, 0) is 4.74 Å². The molecule has 1 fully saturated rings. The van der Waals surface area contributed by atoms with Crippen molar-refractivity contribution in [3.8, 4) is 5.75 Å². The van der Waals surface area contributed by atoms with Crippen LogP contribution in [0.2, 0.25) is 0 Å². The fourth-order valence-electron chi connectivity index (χ4n) is 2.47. The molecule has 112 valence electrons. The zero-order valence-electron chi connectivity index (χ0n) is 12.7. The summed E-state index contributed by atoms with van der Waals surface area (Å²) in [7, 11) is 0. The number of rotatable bonds is 5. The van der Waals surface area contributed by atoms with Crippen molar-refractivity contribution in [2.45, 2.75) is 26.9 Å². The first-order chi connectivity index (χ1) is 9.56. The van der Waals surface area contributed by atoms with Crippen LogP contribution in [-0.4, -0.2) is 55.6 Å². The molecule has 1 aliphatic rings.